The number of unbranched alkanes of at least 4 members (excludes halogenated alkanes) is 2. The van der Waals surface area contributed by atoms with Crippen molar-refractivity contribution in [3.05, 3.63) is 24.0 Å². The zero-order chi connectivity index (χ0) is 13.4. The Hall–Kier alpha value is -1.16. The molecule has 0 saturated heterocycles. The van der Waals surface area contributed by atoms with E-state index in [2.05, 4.69) is 23.7 Å². The fraction of sp³-hybridized carbons (Fsp3) is 0.571. The van der Waals surface area contributed by atoms with Gasteiger partial charge in [0.1, 0.15) is 4.99 Å². The second-order valence-corrected chi connectivity index (χ2v) is 4.89. The average Bonchev–Trinajstić information content (AvgIpc) is 2.39. The molecule has 0 aliphatic rings. The molecule has 0 spiro atoms. The maximum atomic E-state index is 5.79. The van der Waals surface area contributed by atoms with Gasteiger partial charge in [-0.05, 0) is 18.9 Å². The van der Waals surface area contributed by atoms with Crippen LogP contribution < -0.4 is 10.6 Å². The van der Waals surface area contributed by atoms with E-state index in [1.165, 1.54) is 25.7 Å². The number of pyridine rings is 1. The zero-order valence-electron chi connectivity index (χ0n) is 11.4. The molecule has 1 aromatic heterocycles. The summed E-state index contributed by atoms with van der Waals surface area (Å²) in [6.45, 7) is 6.49. The minimum absolute atomic E-state index is 0.449. The van der Waals surface area contributed by atoms with Crippen molar-refractivity contribution in [1.82, 2.24) is 4.98 Å². The molecule has 0 aromatic carbocycles. The van der Waals surface area contributed by atoms with Crippen molar-refractivity contribution in [3.8, 4) is 0 Å². The summed E-state index contributed by atoms with van der Waals surface area (Å²) >= 11 is 5.12. The predicted molar refractivity (Wildman–Crippen MR) is 82.2 cm³/mol. The topological polar surface area (TPSA) is 42.2 Å². The Labute approximate surface area is 115 Å². The van der Waals surface area contributed by atoms with E-state index in [0.717, 1.165) is 24.3 Å². The largest absolute Gasteiger partial charge is 0.389 e. The maximum absolute atomic E-state index is 5.79. The lowest BCUT2D eigenvalue weighted by atomic mass is 10.1. The van der Waals surface area contributed by atoms with E-state index in [1.54, 1.807) is 6.20 Å². The molecule has 18 heavy (non-hydrogen) atoms. The van der Waals surface area contributed by atoms with Crippen molar-refractivity contribution in [3.63, 3.8) is 0 Å². The van der Waals surface area contributed by atoms with Crippen LogP contribution in [0.25, 0.3) is 0 Å². The molecule has 3 nitrogen and oxygen atoms in total. The summed E-state index contributed by atoms with van der Waals surface area (Å²) in [6.07, 6.45) is 8.34. The van der Waals surface area contributed by atoms with Crippen LogP contribution in [0.2, 0.25) is 0 Å². The molecule has 0 aliphatic heterocycles. The van der Waals surface area contributed by atoms with Gasteiger partial charge in [0, 0.05) is 24.8 Å². The quantitative estimate of drug-likeness (QED) is 0.733. The summed E-state index contributed by atoms with van der Waals surface area (Å²) in [5, 5.41) is 0. The fourth-order valence-electron chi connectivity index (χ4n) is 1.90. The fourth-order valence-corrected chi connectivity index (χ4v) is 2.07. The van der Waals surface area contributed by atoms with Gasteiger partial charge in [0.25, 0.3) is 0 Å². The second kappa shape index (κ2) is 8.03. The summed E-state index contributed by atoms with van der Waals surface area (Å²) < 4.78 is 0. The van der Waals surface area contributed by atoms with E-state index in [1.807, 2.05) is 12.3 Å². The molecular formula is C14H23N3S. The van der Waals surface area contributed by atoms with Crippen molar-refractivity contribution in [2.75, 3.05) is 18.0 Å². The van der Waals surface area contributed by atoms with Crippen LogP contribution in [0.1, 0.15) is 45.1 Å². The Morgan fingerprint density at radius 2 is 1.89 bits per heavy atom. The molecule has 4 heteroatoms. The van der Waals surface area contributed by atoms with Gasteiger partial charge in [0.15, 0.2) is 0 Å². The maximum Gasteiger partial charge on any atom is 0.106 e. The van der Waals surface area contributed by atoms with E-state index >= 15 is 0 Å². The Morgan fingerprint density at radius 3 is 2.39 bits per heavy atom. The van der Waals surface area contributed by atoms with Crippen molar-refractivity contribution >= 4 is 22.9 Å². The molecule has 1 heterocycles. The van der Waals surface area contributed by atoms with E-state index in [0.29, 0.717) is 4.99 Å². The van der Waals surface area contributed by atoms with E-state index in [4.69, 9.17) is 18.0 Å². The lowest BCUT2D eigenvalue weighted by Gasteiger charge is -2.26. The molecule has 1 aromatic rings. The van der Waals surface area contributed by atoms with Gasteiger partial charge in [-0.3, -0.25) is 4.98 Å². The first-order chi connectivity index (χ1) is 8.70. The zero-order valence-corrected chi connectivity index (χ0v) is 12.2. The van der Waals surface area contributed by atoms with Gasteiger partial charge in [-0.15, -0.1) is 0 Å². The minimum atomic E-state index is 0.449. The van der Waals surface area contributed by atoms with Crippen LogP contribution in [0, 0.1) is 0 Å². The van der Waals surface area contributed by atoms with E-state index in [-0.39, 0.29) is 0 Å². The van der Waals surface area contributed by atoms with E-state index in [9.17, 15) is 0 Å². The third kappa shape index (κ3) is 4.26. The van der Waals surface area contributed by atoms with Gasteiger partial charge in [-0.25, -0.2) is 0 Å². The lowest BCUT2D eigenvalue weighted by molar-refractivity contribution is 0.677. The van der Waals surface area contributed by atoms with Crippen LogP contribution in [0.4, 0.5) is 5.69 Å². The summed E-state index contributed by atoms with van der Waals surface area (Å²) in [5.41, 5.74) is 7.80. The highest BCUT2D eigenvalue weighted by Gasteiger charge is 2.12. The molecule has 0 unspecified atom stereocenters. The standard InChI is InChI=1S/C14H23N3S/c1-3-5-9-17(10-6-4-2)13-11-16-8-7-12(13)14(15)18/h7-8,11H,3-6,9-10H2,1-2H3,(H2,15,18). The minimum Gasteiger partial charge on any atom is -0.389 e. The summed E-state index contributed by atoms with van der Waals surface area (Å²) in [4.78, 5) is 7.01. The van der Waals surface area contributed by atoms with Gasteiger partial charge in [-0.2, -0.15) is 0 Å². The summed E-state index contributed by atoms with van der Waals surface area (Å²) in [7, 11) is 0. The molecule has 1 rings (SSSR count). The monoisotopic (exact) mass is 265 g/mol. The molecule has 0 aliphatic carbocycles. The van der Waals surface area contributed by atoms with Crippen LogP contribution in [-0.4, -0.2) is 23.1 Å². The molecule has 0 radical (unpaired) electrons. The Morgan fingerprint density at radius 1 is 1.28 bits per heavy atom. The third-order valence-electron chi connectivity index (χ3n) is 2.97. The molecule has 100 valence electrons. The number of aromatic nitrogens is 1. The third-order valence-corrected chi connectivity index (χ3v) is 3.19. The van der Waals surface area contributed by atoms with Crippen LogP contribution >= 0.6 is 12.2 Å². The van der Waals surface area contributed by atoms with Crippen molar-refractivity contribution in [2.24, 2.45) is 5.73 Å². The number of hydrogen-bond acceptors (Lipinski definition) is 3. The Balaban J connectivity index is 2.92. The first kappa shape index (κ1) is 14.9. The first-order valence-electron chi connectivity index (χ1n) is 6.69. The Kier molecular flexibility index (Phi) is 6.65. The number of nitrogens with zero attached hydrogens (tertiary/aromatic N) is 2. The predicted octanol–water partition coefficient (Wildman–Crippen LogP) is 3.12. The number of nitrogens with two attached hydrogens (primary N) is 1. The Bertz CT molecular complexity index is 371. The highest BCUT2D eigenvalue weighted by molar-refractivity contribution is 7.80. The highest BCUT2D eigenvalue weighted by Crippen LogP contribution is 2.20. The van der Waals surface area contributed by atoms with Crippen molar-refractivity contribution in [2.45, 2.75) is 39.5 Å². The average molecular weight is 265 g/mol. The van der Waals surface area contributed by atoms with Crippen LogP contribution in [0.15, 0.2) is 18.5 Å². The molecule has 0 saturated carbocycles. The molecule has 0 bridgehead atoms. The highest BCUT2D eigenvalue weighted by atomic mass is 32.1. The summed E-state index contributed by atoms with van der Waals surface area (Å²) in [6, 6.07) is 1.91. The molecule has 0 fully saturated rings. The smallest absolute Gasteiger partial charge is 0.106 e. The van der Waals surface area contributed by atoms with Crippen LogP contribution in [0.3, 0.4) is 0 Å². The first-order valence-corrected chi connectivity index (χ1v) is 7.10. The number of thiocarbonyl (C=S) groups is 1. The number of hydrogen-bond donors (Lipinski definition) is 1. The molecular weight excluding hydrogens is 242 g/mol. The molecule has 0 amide bonds. The van der Waals surface area contributed by atoms with Gasteiger partial charge in [-0.1, -0.05) is 38.9 Å². The van der Waals surface area contributed by atoms with Gasteiger partial charge in [0.05, 0.1) is 11.9 Å². The SMILES string of the molecule is CCCCN(CCCC)c1cnccc1C(N)=S. The number of anilines is 1. The number of rotatable bonds is 8. The lowest BCUT2D eigenvalue weighted by Crippen LogP contribution is -2.28. The van der Waals surface area contributed by atoms with Crippen molar-refractivity contribution < 1.29 is 0 Å². The van der Waals surface area contributed by atoms with Gasteiger partial charge < -0.3 is 10.6 Å². The van der Waals surface area contributed by atoms with E-state index < -0.39 is 0 Å². The van der Waals surface area contributed by atoms with Crippen LogP contribution in [-0.2, 0) is 0 Å². The normalized spacial score (nSPS) is 10.3. The van der Waals surface area contributed by atoms with Gasteiger partial charge in [0.2, 0.25) is 0 Å². The van der Waals surface area contributed by atoms with Crippen LogP contribution in [0.5, 0.6) is 0 Å². The van der Waals surface area contributed by atoms with Gasteiger partial charge >= 0.3 is 0 Å². The molecule has 0 atom stereocenters. The summed E-state index contributed by atoms with van der Waals surface area (Å²) in [5.74, 6) is 0. The second-order valence-electron chi connectivity index (χ2n) is 4.45. The molecule has 2 N–H and O–H groups in total. The van der Waals surface area contributed by atoms with Crippen molar-refractivity contribution in [1.29, 1.82) is 0 Å².